The zero-order valence-corrected chi connectivity index (χ0v) is 16.7. The molecule has 28 heavy (non-hydrogen) atoms. The molecule has 0 aliphatic rings. The van der Waals surface area contributed by atoms with Crippen molar-refractivity contribution in [1.29, 1.82) is 0 Å². The Morgan fingerprint density at radius 2 is 1.71 bits per heavy atom. The monoisotopic (exact) mass is 383 g/mol. The Kier molecular flexibility index (Phi) is 8.34. The lowest BCUT2D eigenvalue weighted by atomic mass is 10.2. The van der Waals surface area contributed by atoms with Crippen molar-refractivity contribution in [2.45, 2.75) is 33.6 Å². The molecule has 150 valence electrons. The summed E-state index contributed by atoms with van der Waals surface area (Å²) in [7, 11) is 0. The van der Waals surface area contributed by atoms with Gasteiger partial charge in [-0.3, -0.25) is 9.59 Å². The molecule has 6 nitrogen and oxygen atoms in total. The summed E-state index contributed by atoms with van der Waals surface area (Å²) in [6.45, 7) is 6.79. The van der Waals surface area contributed by atoms with Gasteiger partial charge in [0, 0.05) is 17.8 Å². The predicted molar refractivity (Wildman–Crippen MR) is 114 cm³/mol. The fourth-order valence-corrected chi connectivity index (χ4v) is 2.49. The number of para-hydroxylation sites is 2. The molecule has 0 aliphatic heterocycles. The molecular formula is C22H29N3O3. The number of ether oxygens (including phenoxy) is 1. The number of amides is 2. The molecule has 2 aromatic rings. The van der Waals surface area contributed by atoms with E-state index in [1.165, 1.54) is 0 Å². The molecule has 0 atom stereocenters. The Morgan fingerprint density at radius 1 is 0.964 bits per heavy atom. The quantitative estimate of drug-likeness (QED) is 0.564. The average molecular weight is 383 g/mol. The Balaban J connectivity index is 1.90. The van der Waals surface area contributed by atoms with E-state index in [4.69, 9.17) is 4.74 Å². The number of anilines is 3. The molecule has 2 aromatic carbocycles. The van der Waals surface area contributed by atoms with E-state index < -0.39 is 0 Å². The minimum absolute atomic E-state index is 0.0182. The molecule has 0 aliphatic carbocycles. The molecule has 0 unspecified atom stereocenters. The molecule has 0 heterocycles. The van der Waals surface area contributed by atoms with Crippen molar-refractivity contribution in [2.75, 3.05) is 29.1 Å². The molecule has 0 saturated heterocycles. The van der Waals surface area contributed by atoms with Crippen molar-refractivity contribution in [3.8, 4) is 5.75 Å². The van der Waals surface area contributed by atoms with Crippen LogP contribution in [-0.2, 0) is 9.59 Å². The van der Waals surface area contributed by atoms with Crippen molar-refractivity contribution >= 4 is 28.9 Å². The highest BCUT2D eigenvalue weighted by Gasteiger charge is 2.09. The summed E-state index contributed by atoms with van der Waals surface area (Å²) in [5.74, 6) is 0.858. The largest absolute Gasteiger partial charge is 0.491 e. The van der Waals surface area contributed by atoms with E-state index in [1.807, 2.05) is 49.4 Å². The van der Waals surface area contributed by atoms with Crippen LogP contribution >= 0.6 is 0 Å². The lowest BCUT2D eigenvalue weighted by Crippen LogP contribution is -2.22. The molecular weight excluding hydrogens is 354 g/mol. The van der Waals surface area contributed by atoms with E-state index in [2.05, 4.69) is 29.8 Å². The van der Waals surface area contributed by atoms with Crippen LogP contribution in [-0.4, -0.2) is 25.0 Å². The number of hydrogen-bond acceptors (Lipinski definition) is 4. The Hall–Kier alpha value is -3.02. The van der Waals surface area contributed by atoms with Gasteiger partial charge in [0.2, 0.25) is 11.8 Å². The second kappa shape index (κ2) is 11.0. The number of carbonyl (C=O) groups is 2. The fraction of sp³-hybridized carbons (Fsp3) is 0.364. The van der Waals surface area contributed by atoms with Crippen molar-refractivity contribution in [2.24, 2.45) is 5.92 Å². The van der Waals surface area contributed by atoms with Crippen molar-refractivity contribution in [3.05, 3.63) is 48.5 Å². The van der Waals surface area contributed by atoms with Gasteiger partial charge in [0.05, 0.1) is 18.8 Å². The number of carbonyl (C=O) groups excluding carboxylic acids is 2. The maximum Gasteiger partial charge on any atom is 0.243 e. The molecule has 0 saturated carbocycles. The second-order valence-corrected chi connectivity index (χ2v) is 6.98. The van der Waals surface area contributed by atoms with Gasteiger partial charge in [-0.05, 0) is 42.7 Å². The van der Waals surface area contributed by atoms with Gasteiger partial charge in [-0.25, -0.2) is 0 Å². The molecule has 6 heteroatoms. The highest BCUT2D eigenvalue weighted by atomic mass is 16.5. The van der Waals surface area contributed by atoms with E-state index in [0.29, 0.717) is 36.1 Å². The SMILES string of the molecule is CCCC(=O)Nc1cccc(NCC(=O)Nc2ccccc2OCC(C)C)c1. The van der Waals surface area contributed by atoms with Crippen LogP contribution < -0.4 is 20.7 Å². The van der Waals surface area contributed by atoms with Gasteiger partial charge in [0.1, 0.15) is 5.75 Å². The zero-order chi connectivity index (χ0) is 20.4. The maximum absolute atomic E-state index is 12.3. The van der Waals surface area contributed by atoms with Gasteiger partial charge in [-0.1, -0.05) is 39.0 Å². The lowest BCUT2D eigenvalue weighted by Gasteiger charge is -2.14. The standard InChI is InChI=1S/C22H29N3O3/c1-4-8-21(26)24-18-10-7-9-17(13-18)23-14-22(27)25-19-11-5-6-12-20(19)28-15-16(2)3/h5-7,9-13,16,23H,4,8,14-15H2,1-3H3,(H,24,26)(H,25,27). The first-order chi connectivity index (χ1) is 13.5. The van der Waals surface area contributed by atoms with E-state index in [9.17, 15) is 9.59 Å². The first-order valence-corrected chi connectivity index (χ1v) is 9.63. The van der Waals surface area contributed by atoms with Crippen LogP contribution in [0, 0.1) is 5.92 Å². The van der Waals surface area contributed by atoms with E-state index in [-0.39, 0.29) is 18.4 Å². The van der Waals surface area contributed by atoms with Crippen LogP contribution in [0.3, 0.4) is 0 Å². The summed E-state index contributed by atoms with van der Waals surface area (Å²) in [6, 6.07) is 14.7. The van der Waals surface area contributed by atoms with Crippen LogP contribution in [0.5, 0.6) is 5.75 Å². The fourth-order valence-electron chi connectivity index (χ4n) is 2.49. The van der Waals surface area contributed by atoms with Gasteiger partial charge in [-0.15, -0.1) is 0 Å². The van der Waals surface area contributed by atoms with E-state index in [1.54, 1.807) is 6.07 Å². The van der Waals surface area contributed by atoms with Crippen LogP contribution in [0.4, 0.5) is 17.1 Å². The van der Waals surface area contributed by atoms with Gasteiger partial charge >= 0.3 is 0 Å². The highest BCUT2D eigenvalue weighted by Crippen LogP contribution is 2.24. The van der Waals surface area contributed by atoms with Crippen molar-refractivity contribution in [3.63, 3.8) is 0 Å². The minimum Gasteiger partial charge on any atom is -0.491 e. The van der Waals surface area contributed by atoms with Crippen LogP contribution in [0.15, 0.2) is 48.5 Å². The summed E-state index contributed by atoms with van der Waals surface area (Å²) in [4.78, 5) is 24.0. The molecule has 0 bridgehead atoms. The molecule has 0 aromatic heterocycles. The molecule has 0 fully saturated rings. The molecule has 3 N–H and O–H groups in total. The Bertz CT molecular complexity index is 790. The topological polar surface area (TPSA) is 79.5 Å². The number of hydrogen-bond donors (Lipinski definition) is 3. The molecule has 2 rings (SSSR count). The maximum atomic E-state index is 12.3. The van der Waals surface area contributed by atoms with Gasteiger partial charge < -0.3 is 20.7 Å². The minimum atomic E-state index is -0.180. The Morgan fingerprint density at radius 3 is 2.46 bits per heavy atom. The van der Waals surface area contributed by atoms with E-state index in [0.717, 1.165) is 12.1 Å². The third-order valence-corrected chi connectivity index (χ3v) is 3.81. The van der Waals surface area contributed by atoms with Crippen LogP contribution in [0.1, 0.15) is 33.6 Å². The van der Waals surface area contributed by atoms with Crippen LogP contribution in [0.25, 0.3) is 0 Å². The normalized spacial score (nSPS) is 10.4. The Labute approximate surface area is 166 Å². The second-order valence-electron chi connectivity index (χ2n) is 6.98. The number of benzene rings is 2. The smallest absolute Gasteiger partial charge is 0.243 e. The molecule has 0 spiro atoms. The van der Waals surface area contributed by atoms with Crippen molar-refractivity contribution in [1.82, 2.24) is 0 Å². The number of nitrogens with one attached hydrogen (secondary N) is 3. The molecule has 0 radical (unpaired) electrons. The predicted octanol–water partition coefficient (Wildman–Crippen LogP) is 4.51. The van der Waals surface area contributed by atoms with Gasteiger partial charge in [0.15, 0.2) is 0 Å². The van der Waals surface area contributed by atoms with Gasteiger partial charge in [-0.2, -0.15) is 0 Å². The average Bonchev–Trinajstić information content (AvgIpc) is 2.66. The van der Waals surface area contributed by atoms with Gasteiger partial charge in [0.25, 0.3) is 0 Å². The highest BCUT2D eigenvalue weighted by molar-refractivity contribution is 5.95. The lowest BCUT2D eigenvalue weighted by molar-refractivity contribution is -0.116. The zero-order valence-electron chi connectivity index (χ0n) is 16.7. The van der Waals surface area contributed by atoms with E-state index >= 15 is 0 Å². The third-order valence-electron chi connectivity index (χ3n) is 3.81. The summed E-state index contributed by atoms with van der Waals surface area (Å²) < 4.78 is 5.76. The molecule has 2 amide bonds. The van der Waals surface area contributed by atoms with Crippen molar-refractivity contribution < 1.29 is 14.3 Å². The summed E-state index contributed by atoms with van der Waals surface area (Å²) in [5, 5.41) is 8.79. The van der Waals surface area contributed by atoms with Crippen LogP contribution in [0.2, 0.25) is 0 Å². The first kappa shape index (κ1) is 21.3. The summed E-state index contributed by atoms with van der Waals surface area (Å²) in [6.07, 6.45) is 1.28. The summed E-state index contributed by atoms with van der Waals surface area (Å²) >= 11 is 0. The third kappa shape index (κ3) is 7.31. The number of rotatable bonds is 10. The summed E-state index contributed by atoms with van der Waals surface area (Å²) in [5.41, 5.74) is 2.11. The first-order valence-electron chi connectivity index (χ1n) is 9.63.